The molecule has 2 aromatic rings. The molecule has 1 aromatic carbocycles. The minimum Gasteiger partial charge on any atom is -0.357 e. The Morgan fingerprint density at radius 1 is 1.39 bits per heavy atom. The SMILES string of the molecule is Cc1cccc(NC(=S)NCc2ccn(C)n2)c1. The molecule has 0 unspecified atom stereocenters. The van der Waals surface area contributed by atoms with Crippen LogP contribution >= 0.6 is 12.2 Å². The Bertz CT molecular complexity index is 547. The first-order valence-electron chi connectivity index (χ1n) is 5.73. The summed E-state index contributed by atoms with van der Waals surface area (Å²) in [6.45, 7) is 2.67. The van der Waals surface area contributed by atoms with Gasteiger partial charge in [-0.25, -0.2) is 0 Å². The number of aromatic nitrogens is 2. The van der Waals surface area contributed by atoms with Crippen LogP contribution in [0.2, 0.25) is 0 Å². The smallest absolute Gasteiger partial charge is 0.171 e. The summed E-state index contributed by atoms with van der Waals surface area (Å²) in [7, 11) is 1.90. The van der Waals surface area contributed by atoms with Gasteiger partial charge in [-0.1, -0.05) is 12.1 Å². The summed E-state index contributed by atoms with van der Waals surface area (Å²) in [4.78, 5) is 0. The molecule has 0 aliphatic carbocycles. The molecule has 5 heteroatoms. The van der Waals surface area contributed by atoms with Crippen molar-refractivity contribution in [1.82, 2.24) is 15.1 Å². The van der Waals surface area contributed by atoms with Crippen LogP contribution in [0.3, 0.4) is 0 Å². The molecule has 0 saturated heterocycles. The van der Waals surface area contributed by atoms with Gasteiger partial charge in [0.2, 0.25) is 0 Å². The maximum absolute atomic E-state index is 5.23. The van der Waals surface area contributed by atoms with Gasteiger partial charge in [0.05, 0.1) is 12.2 Å². The lowest BCUT2D eigenvalue weighted by Gasteiger charge is -2.09. The second-order valence-corrected chi connectivity index (χ2v) is 4.57. The van der Waals surface area contributed by atoms with Crippen LogP contribution in [0.1, 0.15) is 11.3 Å². The Hall–Kier alpha value is -1.88. The highest BCUT2D eigenvalue weighted by atomic mass is 32.1. The minimum absolute atomic E-state index is 0.603. The summed E-state index contributed by atoms with van der Waals surface area (Å²) in [6, 6.07) is 10.0. The molecular formula is C13H16N4S. The number of hydrogen-bond donors (Lipinski definition) is 2. The van der Waals surface area contributed by atoms with Gasteiger partial charge in [0, 0.05) is 18.9 Å². The average molecular weight is 260 g/mol. The van der Waals surface area contributed by atoms with Gasteiger partial charge < -0.3 is 10.6 Å². The topological polar surface area (TPSA) is 41.9 Å². The predicted octanol–water partition coefficient (Wildman–Crippen LogP) is 2.22. The fourth-order valence-electron chi connectivity index (χ4n) is 1.63. The Morgan fingerprint density at radius 2 is 2.22 bits per heavy atom. The molecule has 1 heterocycles. The summed E-state index contributed by atoms with van der Waals surface area (Å²) in [5.41, 5.74) is 3.16. The average Bonchev–Trinajstić information content (AvgIpc) is 2.73. The van der Waals surface area contributed by atoms with Gasteiger partial charge >= 0.3 is 0 Å². The van der Waals surface area contributed by atoms with Gasteiger partial charge in [0.15, 0.2) is 5.11 Å². The van der Waals surface area contributed by atoms with Crippen molar-refractivity contribution in [2.24, 2.45) is 7.05 Å². The number of nitrogens with zero attached hydrogens (tertiary/aromatic N) is 2. The monoisotopic (exact) mass is 260 g/mol. The number of rotatable bonds is 3. The van der Waals surface area contributed by atoms with E-state index in [1.165, 1.54) is 5.56 Å². The highest BCUT2D eigenvalue weighted by Gasteiger charge is 2.00. The molecule has 94 valence electrons. The third kappa shape index (κ3) is 3.56. The molecule has 2 rings (SSSR count). The highest BCUT2D eigenvalue weighted by molar-refractivity contribution is 7.80. The van der Waals surface area contributed by atoms with E-state index in [1.807, 2.05) is 31.4 Å². The predicted molar refractivity (Wildman–Crippen MR) is 77.4 cm³/mol. The first-order valence-corrected chi connectivity index (χ1v) is 6.14. The van der Waals surface area contributed by atoms with Crippen LogP contribution in [0.4, 0.5) is 5.69 Å². The standard InChI is InChI=1S/C13H16N4S/c1-10-4-3-5-11(8-10)15-13(18)14-9-12-6-7-17(2)16-12/h3-8H,9H2,1-2H3,(H2,14,15,18). The maximum atomic E-state index is 5.23. The van der Waals surface area contributed by atoms with E-state index >= 15 is 0 Å². The zero-order valence-corrected chi connectivity index (χ0v) is 11.3. The molecular weight excluding hydrogens is 244 g/mol. The molecule has 2 N–H and O–H groups in total. The van der Waals surface area contributed by atoms with Gasteiger partial charge in [-0.2, -0.15) is 5.10 Å². The quantitative estimate of drug-likeness (QED) is 0.830. The van der Waals surface area contributed by atoms with Crippen LogP contribution in [0.5, 0.6) is 0 Å². The van der Waals surface area contributed by atoms with Gasteiger partial charge in [-0.3, -0.25) is 4.68 Å². The second kappa shape index (κ2) is 5.64. The van der Waals surface area contributed by atoms with Crippen molar-refractivity contribution >= 4 is 23.0 Å². The van der Waals surface area contributed by atoms with Crippen LogP contribution in [0.25, 0.3) is 0 Å². The third-order valence-electron chi connectivity index (χ3n) is 2.47. The van der Waals surface area contributed by atoms with Gasteiger partial charge in [-0.15, -0.1) is 0 Å². The number of anilines is 1. The van der Waals surface area contributed by atoms with E-state index < -0.39 is 0 Å². The van der Waals surface area contributed by atoms with Gasteiger partial charge in [0.1, 0.15) is 0 Å². The molecule has 0 fully saturated rings. The van der Waals surface area contributed by atoms with Crippen molar-refractivity contribution in [3.8, 4) is 0 Å². The molecule has 0 spiro atoms. The van der Waals surface area contributed by atoms with E-state index in [9.17, 15) is 0 Å². The summed E-state index contributed by atoms with van der Waals surface area (Å²) < 4.78 is 1.77. The van der Waals surface area contributed by atoms with E-state index in [0.717, 1.165) is 11.4 Å². The van der Waals surface area contributed by atoms with Gasteiger partial charge in [0.25, 0.3) is 0 Å². The zero-order valence-electron chi connectivity index (χ0n) is 10.5. The molecule has 18 heavy (non-hydrogen) atoms. The fraction of sp³-hybridized carbons (Fsp3) is 0.231. The molecule has 0 amide bonds. The number of aryl methyl sites for hydroxylation is 2. The van der Waals surface area contributed by atoms with E-state index in [4.69, 9.17) is 12.2 Å². The van der Waals surface area contributed by atoms with Crippen molar-refractivity contribution in [3.63, 3.8) is 0 Å². The lowest BCUT2D eigenvalue weighted by Crippen LogP contribution is -2.28. The highest BCUT2D eigenvalue weighted by Crippen LogP contribution is 2.09. The largest absolute Gasteiger partial charge is 0.357 e. The number of thiocarbonyl (C=S) groups is 1. The van der Waals surface area contributed by atoms with Crippen LogP contribution in [0, 0.1) is 6.92 Å². The van der Waals surface area contributed by atoms with Crippen LogP contribution in [-0.2, 0) is 13.6 Å². The van der Waals surface area contributed by atoms with Crippen molar-refractivity contribution in [2.75, 3.05) is 5.32 Å². The van der Waals surface area contributed by atoms with Crippen molar-refractivity contribution in [3.05, 3.63) is 47.8 Å². The number of hydrogen-bond acceptors (Lipinski definition) is 2. The molecule has 0 aliphatic rings. The molecule has 0 aliphatic heterocycles. The van der Waals surface area contributed by atoms with Crippen LogP contribution < -0.4 is 10.6 Å². The molecule has 0 saturated carbocycles. The fourth-order valence-corrected chi connectivity index (χ4v) is 1.82. The second-order valence-electron chi connectivity index (χ2n) is 4.16. The van der Waals surface area contributed by atoms with Crippen molar-refractivity contribution < 1.29 is 0 Å². The van der Waals surface area contributed by atoms with Crippen molar-refractivity contribution in [2.45, 2.75) is 13.5 Å². The molecule has 1 aromatic heterocycles. The lowest BCUT2D eigenvalue weighted by molar-refractivity contribution is 0.731. The summed E-state index contributed by atoms with van der Waals surface area (Å²) >= 11 is 5.23. The normalized spacial score (nSPS) is 10.1. The van der Waals surface area contributed by atoms with E-state index in [-0.39, 0.29) is 0 Å². The molecule has 0 radical (unpaired) electrons. The summed E-state index contributed by atoms with van der Waals surface area (Å²) in [5, 5.41) is 11.1. The maximum Gasteiger partial charge on any atom is 0.171 e. The van der Waals surface area contributed by atoms with E-state index in [1.54, 1.807) is 4.68 Å². The summed E-state index contributed by atoms with van der Waals surface area (Å²) in [6.07, 6.45) is 1.91. The Labute approximate surface area is 112 Å². The van der Waals surface area contributed by atoms with E-state index in [0.29, 0.717) is 11.7 Å². The first kappa shape index (κ1) is 12.6. The Balaban J connectivity index is 1.85. The van der Waals surface area contributed by atoms with E-state index in [2.05, 4.69) is 34.8 Å². The summed E-state index contributed by atoms with van der Waals surface area (Å²) in [5.74, 6) is 0. The Morgan fingerprint density at radius 3 is 2.89 bits per heavy atom. The number of nitrogens with one attached hydrogen (secondary N) is 2. The molecule has 4 nitrogen and oxygen atoms in total. The van der Waals surface area contributed by atoms with Gasteiger partial charge in [-0.05, 0) is 42.9 Å². The van der Waals surface area contributed by atoms with Crippen molar-refractivity contribution in [1.29, 1.82) is 0 Å². The lowest BCUT2D eigenvalue weighted by atomic mass is 10.2. The van der Waals surface area contributed by atoms with Crippen LogP contribution in [0.15, 0.2) is 36.5 Å². The first-order chi connectivity index (χ1) is 8.63. The third-order valence-corrected chi connectivity index (χ3v) is 2.72. The van der Waals surface area contributed by atoms with Crippen LogP contribution in [-0.4, -0.2) is 14.9 Å². The molecule has 0 atom stereocenters. The Kier molecular flexibility index (Phi) is 3.94. The zero-order chi connectivity index (χ0) is 13.0. The minimum atomic E-state index is 0.603. The number of benzene rings is 1. The molecule has 0 bridgehead atoms.